The second-order valence-corrected chi connectivity index (χ2v) is 8.60. The average Bonchev–Trinajstić information content (AvgIpc) is 2.69. The number of hydrogen-bond acceptors (Lipinski definition) is 4. The summed E-state index contributed by atoms with van der Waals surface area (Å²) in [6, 6.07) is 17.6. The lowest BCUT2D eigenvalue weighted by Crippen LogP contribution is -2.12. The highest BCUT2D eigenvalue weighted by molar-refractivity contribution is 8.16. The number of anilines is 1. The molecule has 2 heterocycles. The van der Waals surface area contributed by atoms with E-state index in [1.165, 1.54) is 23.5 Å². The van der Waals surface area contributed by atoms with Crippen molar-refractivity contribution in [3.05, 3.63) is 71.9 Å². The predicted octanol–water partition coefficient (Wildman–Crippen LogP) is 5.36. The van der Waals surface area contributed by atoms with Crippen molar-refractivity contribution < 1.29 is 4.79 Å². The molecule has 1 saturated heterocycles. The molecule has 3 nitrogen and oxygen atoms in total. The summed E-state index contributed by atoms with van der Waals surface area (Å²) in [5.74, 6) is 2.34. The molecule has 4 rings (SSSR count). The summed E-state index contributed by atoms with van der Waals surface area (Å²) in [7, 11) is 0. The van der Waals surface area contributed by atoms with Gasteiger partial charge in [0, 0.05) is 17.1 Å². The smallest absolute Gasteiger partial charge is 0.255 e. The van der Waals surface area contributed by atoms with Crippen LogP contribution in [0.5, 0.6) is 0 Å². The van der Waals surface area contributed by atoms with Crippen LogP contribution in [0.25, 0.3) is 10.9 Å². The number of rotatable bonds is 3. The zero-order chi connectivity index (χ0) is 17.1. The van der Waals surface area contributed by atoms with E-state index >= 15 is 0 Å². The van der Waals surface area contributed by atoms with Gasteiger partial charge in [0.15, 0.2) is 0 Å². The van der Waals surface area contributed by atoms with Crippen LogP contribution in [-0.4, -0.2) is 22.4 Å². The number of fused-ring (bicyclic) bond motifs is 1. The average molecular weight is 367 g/mol. The molecule has 3 aromatic rings. The van der Waals surface area contributed by atoms with Crippen LogP contribution in [-0.2, 0) is 0 Å². The number of nitrogens with one attached hydrogen (secondary N) is 1. The van der Waals surface area contributed by atoms with E-state index in [0.717, 1.165) is 16.6 Å². The van der Waals surface area contributed by atoms with Gasteiger partial charge < -0.3 is 5.32 Å². The third-order valence-corrected chi connectivity index (χ3v) is 7.18. The molecule has 1 amide bonds. The summed E-state index contributed by atoms with van der Waals surface area (Å²) in [5.41, 5.74) is 3.64. The summed E-state index contributed by atoms with van der Waals surface area (Å²) >= 11 is 3.98. The van der Waals surface area contributed by atoms with Crippen LogP contribution in [0, 0.1) is 0 Å². The molecule has 0 bridgehead atoms. The van der Waals surface area contributed by atoms with Crippen LogP contribution in [0.4, 0.5) is 5.69 Å². The second-order valence-electron chi connectivity index (χ2n) is 5.88. The fourth-order valence-electron chi connectivity index (χ4n) is 2.88. The second kappa shape index (κ2) is 7.50. The molecule has 1 aliphatic heterocycles. The third kappa shape index (κ3) is 3.67. The molecular formula is C20H18N2OS2. The summed E-state index contributed by atoms with van der Waals surface area (Å²) in [4.78, 5) is 16.9. The number of nitrogens with zero attached hydrogens (tertiary/aromatic N) is 1. The summed E-state index contributed by atoms with van der Waals surface area (Å²) < 4.78 is 0.495. The monoisotopic (exact) mass is 366 g/mol. The topological polar surface area (TPSA) is 42.0 Å². The van der Waals surface area contributed by atoms with Gasteiger partial charge in [0.2, 0.25) is 0 Å². The van der Waals surface area contributed by atoms with Gasteiger partial charge in [-0.25, -0.2) is 0 Å². The standard InChI is InChI=1S/C20H18N2OS2/c23-19(22-18-6-1-5-17-16(18)4-2-11-21-17)14-7-9-15(10-8-14)20-24-12-3-13-25-20/h1-2,4-11,20H,3,12-13H2,(H,22,23). The van der Waals surface area contributed by atoms with Crippen molar-refractivity contribution in [1.82, 2.24) is 4.98 Å². The lowest BCUT2D eigenvalue weighted by atomic mass is 10.1. The van der Waals surface area contributed by atoms with Crippen molar-refractivity contribution in [3.8, 4) is 0 Å². The van der Waals surface area contributed by atoms with E-state index in [1.54, 1.807) is 6.20 Å². The predicted molar refractivity (Wildman–Crippen MR) is 108 cm³/mol. The van der Waals surface area contributed by atoms with Gasteiger partial charge in [0.1, 0.15) is 0 Å². The van der Waals surface area contributed by atoms with E-state index in [2.05, 4.69) is 22.4 Å². The van der Waals surface area contributed by atoms with Gasteiger partial charge >= 0.3 is 0 Å². The van der Waals surface area contributed by atoms with E-state index in [1.807, 2.05) is 66.0 Å². The summed E-state index contributed by atoms with van der Waals surface area (Å²) in [6.07, 6.45) is 3.04. The van der Waals surface area contributed by atoms with Crippen molar-refractivity contribution in [2.75, 3.05) is 16.8 Å². The highest BCUT2D eigenvalue weighted by Gasteiger charge is 2.17. The van der Waals surface area contributed by atoms with Gasteiger partial charge in [-0.3, -0.25) is 9.78 Å². The first-order chi connectivity index (χ1) is 12.3. The van der Waals surface area contributed by atoms with E-state index in [0.29, 0.717) is 10.1 Å². The minimum atomic E-state index is -0.0909. The minimum absolute atomic E-state index is 0.0909. The van der Waals surface area contributed by atoms with Crippen LogP contribution in [0.15, 0.2) is 60.8 Å². The molecule has 0 radical (unpaired) electrons. The maximum Gasteiger partial charge on any atom is 0.255 e. The SMILES string of the molecule is O=C(Nc1cccc2ncccc12)c1ccc(C2SCCCS2)cc1. The maximum absolute atomic E-state index is 12.6. The van der Waals surface area contributed by atoms with Crippen LogP contribution in [0.1, 0.15) is 26.9 Å². The maximum atomic E-state index is 12.6. The van der Waals surface area contributed by atoms with Crippen LogP contribution in [0.3, 0.4) is 0 Å². The largest absolute Gasteiger partial charge is 0.321 e. The Labute approximate surface area is 155 Å². The molecule has 126 valence electrons. The molecule has 5 heteroatoms. The first-order valence-electron chi connectivity index (χ1n) is 8.29. The number of thioether (sulfide) groups is 2. The number of amides is 1. The van der Waals surface area contributed by atoms with E-state index in [-0.39, 0.29) is 5.91 Å². The normalized spacial score (nSPS) is 15.2. The van der Waals surface area contributed by atoms with Crippen molar-refractivity contribution in [1.29, 1.82) is 0 Å². The lowest BCUT2D eigenvalue weighted by Gasteiger charge is -2.21. The van der Waals surface area contributed by atoms with Gasteiger partial charge in [-0.1, -0.05) is 18.2 Å². The Morgan fingerprint density at radius 1 is 1.00 bits per heavy atom. The molecule has 1 aromatic heterocycles. The number of aromatic nitrogens is 1. The molecule has 2 aromatic carbocycles. The highest BCUT2D eigenvalue weighted by atomic mass is 32.2. The molecular weight excluding hydrogens is 348 g/mol. The molecule has 0 aliphatic carbocycles. The van der Waals surface area contributed by atoms with Crippen molar-refractivity contribution >= 4 is 46.0 Å². The Bertz CT molecular complexity index is 884. The minimum Gasteiger partial charge on any atom is -0.321 e. The fourth-order valence-corrected chi connectivity index (χ4v) is 5.77. The number of carbonyl (C=O) groups is 1. The first-order valence-corrected chi connectivity index (χ1v) is 10.4. The Balaban J connectivity index is 1.52. The van der Waals surface area contributed by atoms with E-state index in [9.17, 15) is 4.79 Å². The summed E-state index contributed by atoms with van der Waals surface area (Å²) in [6.45, 7) is 0. The Morgan fingerprint density at radius 3 is 2.60 bits per heavy atom. The van der Waals surface area contributed by atoms with E-state index < -0.39 is 0 Å². The molecule has 25 heavy (non-hydrogen) atoms. The molecule has 1 fully saturated rings. The van der Waals surface area contributed by atoms with Gasteiger partial charge in [-0.15, -0.1) is 23.5 Å². The quantitative estimate of drug-likeness (QED) is 0.678. The highest BCUT2D eigenvalue weighted by Crippen LogP contribution is 2.43. The Hall–Kier alpha value is -1.98. The van der Waals surface area contributed by atoms with Crippen molar-refractivity contribution in [2.45, 2.75) is 11.0 Å². The molecule has 1 N–H and O–H groups in total. The van der Waals surface area contributed by atoms with E-state index in [4.69, 9.17) is 0 Å². The zero-order valence-electron chi connectivity index (χ0n) is 13.6. The zero-order valence-corrected chi connectivity index (χ0v) is 15.3. The number of benzene rings is 2. The molecule has 0 unspecified atom stereocenters. The Morgan fingerprint density at radius 2 is 1.80 bits per heavy atom. The van der Waals surface area contributed by atoms with Gasteiger partial charge in [-0.2, -0.15) is 0 Å². The van der Waals surface area contributed by atoms with Gasteiger partial charge in [0.25, 0.3) is 5.91 Å². The fraction of sp³-hybridized carbons (Fsp3) is 0.200. The number of carbonyl (C=O) groups excluding carboxylic acids is 1. The van der Waals surface area contributed by atoms with Gasteiger partial charge in [0.05, 0.1) is 15.8 Å². The number of pyridine rings is 1. The molecule has 0 saturated carbocycles. The Kier molecular flexibility index (Phi) is 4.95. The van der Waals surface area contributed by atoms with Crippen molar-refractivity contribution in [3.63, 3.8) is 0 Å². The van der Waals surface area contributed by atoms with Crippen LogP contribution in [0.2, 0.25) is 0 Å². The van der Waals surface area contributed by atoms with Crippen LogP contribution < -0.4 is 5.32 Å². The molecule has 0 spiro atoms. The third-order valence-electron chi connectivity index (χ3n) is 4.17. The van der Waals surface area contributed by atoms with Crippen LogP contribution >= 0.6 is 23.5 Å². The van der Waals surface area contributed by atoms with Crippen molar-refractivity contribution in [2.24, 2.45) is 0 Å². The lowest BCUT2D eigenvalue weighted by molar-refractivity contribution is 0.102. The molecule has 0 atom stereocenters. The summed E-state index contributed by atoms with van der Waals surface area (Å²) in [5, 5.41) is 3.96. The van der Waals surface area contributed by atoms with Gasteiger partial charge in [-0.05, 0) is 59.9 Å². The first kappa shape index (κ1) is 16.5. The number of hydrogen-bond donors (Lipinski definition) is 1. The molecule has 1 aliphatic rings.